The van der Waals surface area contributed by atoms with Crippen molar-refractivity contribution in [3.63, 3.8) is 0 Å². The first-order valence-corrected chi connectivity index (χ1v) is 9.25. The van der Waals surface area contributed by atoms with Gasteiger partial charge in [-0.1, -0.05) is 13.8 Å². The summed E-state index contributed by atoms with van der Waals surface area (Å²) in [7, 11) is 0. The van der Waals surface area contributed by atoms with Crippen molar-refractivity contribution in [3.8, 4) is 5.75 Å². The highest BCUT2D eigenvalue weighted by molar-refractivity contribution is 8.02. The Morgan fingerprint density at radius 3 is 2.07 bits per heavy atom. The van der Waals surface area contributed by atoms with Crippen LogP contribution in [-0.2, 0) is 14.4 Å². The van der Waals surface area contributed by atoms with Gasteiger partial charge in [0.1, 0.15) is 12.3 Å². The molecule has 148 valence electrons. The Bertz CT molecular complexity index is 687. The third kappa shape index (κ3) is 5.62. The number of thioether (sulfide) groups is 1. The number of imide groups is 1. The molecular weight excluding hydrogens is 385 g/mol. The summed E-state index contributed by atoms with van der Waals surface area (Å²) in [6.45, 7) is 3.23. The van der Waals surface area contributed by atoms with Gasteiger partial charge < -0.3 is 10.1 Å². The lowest BCUT2D eigenvalue weighted by molar-refractivity contribution is -0.274. The topological polar surface area (TPSA) is 75.7 Å². The first kappa shape index (κ1) is 21.1. The van der Waals surface area contributed by atoms with Crippen LogP contribution in [0, 0.1) is 0 Å². The van der Waals surface area contributed by atoms with Crippen molar-refractivity contribution in [2.45, 2.75) is 43.6 Å². The van der Waals surface area contributed by atoms with Gasteiger partial charge in [-0.3, -0.25) is 19.3 Å². The van der Waals surface area contributed by atoms with Crippen molar-refractivity contribution in [2.75, 3.05) is 11.9 Å². The van der Waals surface area contributed by atoms with E-state index >= 15 is 0 Å². The predicted octanol–water partition coefficient (Wildman–Crippen LogP) is 3.18. The lowest BCUT2D eigenvalue weighted by Crippen LogP contribution is -2.53. The fourth-order valence-corrected chi connectivity index (χ4v) is 3.82. The number of benzene rings is 1. The molecule has 0 unspecified atom stereocenters. The zero-order chi connectivity index (χ0) is 20.2. The highest BCUT2D eigenvalue weighted by Crippen LogP contribution is 2.31. The van der Waals surface area contributed by atoms with Crippen LogP contribution in [0.5, 0.6) is 5.75 Å². The minimum Gasteiger partial charge on any atom is -0.406 e. The lowest BCUT2D eigenvalue weighted by Gasteiger charge is -2.34. The number of rotatable bonds is 6. The number of amides is 3. The number of ether oxygens (including phenoxy) is 1. The van der Waals surface area contributed by atoms with E-state index in [1.165, 1.54) is 23.9 Å². The maximum absolute atomic E-state index is 12.4. The van der Waals surface area contributed by atoms with Crippen LogP contribution in [0.2, 0.25) is 0 Å². The van der Waals surface area contributed by atoms with Gasteiger partial charge in [-0.25, -0.2) is 0 Å². The highest BCUT2D eigenvalue weighted by Gasteiger charge is 2.40. The van der Waals surface area contributed by atoms with Crippen molar-refractivity contribution in [1.82, 2.24) is 4.90 Å². The molecule has 1 saturated heterocycles. The average molecular weight is 404 g/mol. The van der Waals surface area contributed by atoms with E-state index in [1.807, 2.05) is 13.8 Å². The summed E-state index contributed by atoms with van der Waals surface area (Å²) in [5, 5.41) is 1.71. The van der Waals surface area contributed by atoms with Gasteiger partial charge in [-0.05, 0) is 37.1 Å². The lowest BCUT2D eigenvalue weighted by atomic mass is 10.2. The van der Waals surface area contributed by atoms with E-state index in [4.69, 9.17) is 0 Å². The number of carbonyl (C=O) groups excluding carboxylic acids is 3. The SMILES string of the molecule is CC[C@H]1S[C@H](CC)C(=O)N(CC(=O)Nc2ccc(OC(F)(F)F)cc2)C1=O. The standard InChI is InChI=1S/C17H19F3N2O4S/c1-3-12-15(24)22(16(25)13(4-2)27-12)9-14(23)21-10-5-7-11(8-6-10)26-17(18,19)20/h5-8,12-13H,3-4,9H2,1-2H3,(H,21,23)/t12-,13-/m1/s1. The van der Waals surface area contributed by atoms with E-state index < -0.39 is 36.4 Å². The molecule has 1 fully saturated rings. The van der Waals surface area contributed by atoms with Crippen LogP contribution in [0.1, 0.15) is 26.7 Å². The molecule has 0 bridgehead atoms. The quantitative estimate of drug-likeness (QED) is 0.737. The van der Waals surface area contributed by atoms with E-state index in [1.54, 1.807) is 0 Å². The van der Waals surface area contributed by atoms with Crippen LogP contribution in [0.25, 0.3) is 0 Å². The molecular formula is C17H19F3N2O4S. The van der Waals surface area contributed by atoms with Gasteiger partial charge in [0.05, 0.1) is 10.5 Å². The normalized spacial score (nSPS) is 20.6. The van der Waals surface area contributed by atoms with Crippen LogP contribution in [0.15, 0.2) is 24.3 Å². The number of halogens is 3. The molecule has 1 aliphatic rings. The molecule has 1 N–H and O–H groups in total. The summed E-state index contributed by atoms with van der Waals surface area (Å²) in [5.74, 6) is -1.84. The first-order chi connectivity index (χ1) is 12.6. The van der Waals surface area contributed by atoms with Crippen molar-refractivity contribution < 1.29 is 32.3 Å². The van der Waals surface area contributed by atoms with E-state index in [2.05, 4.69) is 10.1 Å². The molecule has 0 aromatic heterocycles. The Morgan fingerprint density at radius 1 is 1.11 bits per heavy atom. The van der Waals surface area contributed by atoms with Gasteiger partial charge in [0.15, 0.2) is 0 Å². The summed E-state index contributed by atoms with van der Waals surface area (Å²) in [6, 6.07) is 4.57. The van der Waals surface area contributed by atoms with Crippen molar-refractivity contribution in [2.24, 2.45) is 0 Å². The molecule has 0 aliphatic carbocycles. The molecule has 1 heterocycles. The van der Waals surface area contributed by atoms with Crippen molar-refractivity contribution >= 4 is 35.2 Å². The third-order valence-electron chi connectivity index (χ3n) is 3.83. The molecule has 3 amide bonds. The number of anilines is 1. The van der Waals surface area contributed by atoms with Crippen LogP contribution in [-0.4, -0.2) is 46.0 Å². The highest BCUT2D eigenvalue weighted by atomic mass is 32.2. The second-order valence-corrected chi connectivity index (χ2v) is 7.22. The summed E-state index contributed by atoms with van der Waals surface area (Å²) in [4.78, 5) is 37.9. The van der Waals surface area contributed by atoms with Gasteiger partial charge in [-0.2, -0.15) is 0 Å². The molecule has 0 radical (unpaired) electrons. The smallest absolute Gasteiger partial charge is 0.406 e. The van der Waals surface area contributed by atoms with Crippen LogP contribution in [0.4, 0.5) is 18.9 Å². The molecule has 1 aliphatic heterocycles. The summed E-state index contributed by atoms with van der Waals surface area (Å²) in [5.41, 5.74) is 0.222. The Morgan fingerprint density at radius 2 is 1.63 bits per heavy atom. The third-order valence-corrected chi connectivity index (χ3v) is 5.55. The minimum atomic E-state index is -4.80. The summed E-state index contributed by atoms with van der Waals surface area (Å²) in [6.07, 6.45) is -3.71. The molecule has 0 saturated carbocycles. The van der Waals surface area contributed by atoms with E-state index in [0.717, 1.165) is 17.0 Å². The number of hydrogen-bond donors (Lipinski definition) is 1. The molecule has 27 heavy (non-hydrogen) atoms. The van der Waals surface area contributed by atoms with Crippen molar-refractivity contribution in [1.29, 1.82) is 0 Å². The number of carbonyl (C=O) groups is 3. The Balaban J connectivity index is 2.01. The Kier molecular flexibility index (Phi) is 6.74. The van der Waals surface area contributed by atoms with Gasteiger partial charge in [0.2, 0.25) is 17.7 Å². The zero-order valence-electron chi connectivity index (χ0n) is 14.7. The van der Waals surface area contributed by atoms with E-state index in [9.17, 15) is 27.6 Å². The van der Waals surface area contributed by atoms with Gasteiger partial charge >= 0.3 is 6.36 Å². The number of nitrogens with zero attached hydrogens (tertiary/aromatic N) is 1. The zero-order valence-corrected chi connectivity index (χ0v) is 15.5. The monoisotopic (exact) mass is 404 g/mol. The maximum Gasteiger partial charge on any atom is 0.573 e. The van der Waals surface area contributed by atoms with Crippen LogP contribution < -0.4 is 10.1 Å². The fraction of sp³-hybridized carbons (Fsp3) is 0.471. The largest absolute Gasteiger partial charge is 0.573 e. The molecule has 2 atom stereocenters. The van der Waals surface area contributed by atoms with E-state index in [0.29, 0.717) is 12.8 Å². The summed E-state index contributed by atoms with van der Waals surface area (Å²) < 4.78 is 40.2. The van der Waals surface area contributed by atoms with E-state index in [-0.39, 0.29) is 16.2 Å². The number of alkyl halides is 3. The van der Waals surface area contributed by atoms with Gasteiger partial charge in [0.25, 0.3) is 0 Å². The summed E-state index contributed by atoms with van der Waals surface area (Å²) >= 11 is 1.31. The molecule has 2 rings (SSSR count). The second kappa shape index (κ2) is 8.64. The number of nitrogens with one attached hydrogen (secondary N) is 1. The predicted molar refractivity (Wildman–Crippen MR) is 94.2 cm³/mol. The second-order valence-electron chi connectivity index (χ2n) is 5.81. The van der Waals surface area contributed by atoms with Gasteiger partial charge in [0, 0.05) is 5.69 Å². The Labute approximate surface area is 158 Å². The molecule has 1 aromatic carbocycles. The van der Waals surface area contributed by atoms with Crippen LogP contribution in [0.3, 0.4) is 0 Å². The van der Waals surface area contributed by atoms with Crippen LogP contribution >= 0.6 is 11.8 Å². The fourth-order valence-electron chi connectivity index (χ4n) is 2.55. The molecule has 6 nitrogen and oxygen atoms in total. The Hall–Kier alpha value is -2.23. The molecule has 0 spiro atoms. The van der Waals surface area contributed by atoms with Crippen molar-refractivity contribution in [3.05, 3.63) is 24.3 Å². The maximum atomic E-state index is 12.4. The number of hydrogen-bond acceptors (Lipinski definition) is 5. The molecule has 10 heteroatoms. The average Bonchev–Trinajstić information content (AvgIpc) is 2.59. The minimum absolute atomic E-state index is 0.222. The van der Waals surface area contributed by atoms with Gasteiger partial charge in [-0.15, -0.1) is 24.9 Å². The molecule has 1 aromatic rings. The first-order valence-electron chi connectivity index (χ1n) is 8.31.